The Balaban J connectivity index is 1.41. The number of anilines is 1. The summed E-state index contributed by atoms with van der Waals surface area (Å²) in [5, 5.41) is 5.18. The molecule has 3 unspecified atom stereocenters. The fourth-order valence-corrected chi connectivity index (χ4v) is 5.09. The molecule has 2 aliphatic rings. The van der Waals surface area contributed by atoms with E-state index in [2.05, 4.69) is 10.6 Å². The number of alkyl carbamates (subject to hydrolysis) is 1. The molecule has 9 heteroatoms. The number of fused-ring (bicyclic) bond motifs is 3. The number of benzene rings is 2. The summed E-state index contributed by atoms with van der Waals surface area (Å²) >= 11 is 0. The highest BCUT2D eigenvalue weighted by Gasteiger charge is 2.43. The van der Waals surface area contributed by atoms with Gasteiger partial charge in [0, 0.05) is 30.9 Å². The number of para-hydroxylation sites is 1. The van der Waals surface area contributed by atoms with Crippen LogP contribution in [0.25, 0.3) is 0 Å². The molecule has 1 aliphatic carbocycles. The lowest BCUT2D eigenvalue weighted by Crippen LogP contribution is -2.54. The van der Waals surface area contributed by atoms with Gasteiger partial charge in [0.15, 0.2) is 6.10 Å². The van der Waals surface area contributed by atoms with Crippen LogP contribution in [0.1, 0.15) is 49.7 Å². The molecule has 2 N–H and O–H groups in total. The summed E-state index contributed by atoms with van der Waals surface area (Å²) in [6, 6.07) is 10.1. The van der Waals surface area contributed by atoms with Crippen LogP contribution in [0.4, 0.5) is 19.3 Å². The molecule has 3 amide bonds. The largest absolute Gasteiger partial charge is 0.436 e. The van der Waals surface area contributed by atoms with Crippen molar-refractivity contribution in [3.05, 3.63) is 65.2 Å². The summed E-state index contributed by atoms with van der Waals surface area (Å²) in [4.78, 5) is 40.1. The van der Waals surface area contributed by atoms with Crippen molar-refractivity contribution in [3.8, 4) is 0 Å². The van der Waals surface area contributed by atoms with Gasteiger partial charge < -0.3 is 20.3 Å². The van der Waals surface area contributed by atoms with E-state index < -0.39 is 35.8 Å². The van der Waals surface area contributed by atoms with Crippen molar-refractivity contribution in [3.63, 3.8) is 0 Å². The number of carbonyl (C=O) groups is 3. The fourth-order valence-electron chi connectivity index (χ4n) is 5.09. The number of rotatable bonds is 5. The van der Waals surface area contributed by atoms with E-state index in [1.807, 2.05) is 24.3 Å². The summed E-state index contributed by atoms with van der Waals surface area (Å²) in [6.45, 7) is 1.18. The van der Waals surface area contributed by atoms with Crippen LogP contribution in [-0.2, 0) is 20.9 Å². The zero-order valence-electron chi connectivity index (χ0n) is 19.7. The van der Waals surface area contributed by atoms with Crippen molar-refractivity contribution in [1.29, 1.82) is 0 Å². The average Bonchev–Trinajstić information content (AvgIpc) is 2.93. The monoisotopic (exact) mass is 485 g/mol. The highest BCUT2D eigenvalue weighted by Crippen LogP contribution is 2.45. The maximum absolute atomic E-state index is 13.8. The maximum Gasteiger partial charge on any atom is 0.408 e. The number of hydrogen-bond donors (Lipinski definition) is 2. The quantitative estimate of drug-likeness (QED) is 0.670. The third kappa shape index (κ3) is 5.28. The number of carbonyl (C=O) groups excluding carboxylic acids is 3. The van der Waals surface area contributed by atoms with Gasteiger partial charge in [0.2, 0.25) is 5.91 Å². The number of nitrogens with zero attached hydrogens (tertiary/aromatic N) is 1. The van der Waals surface area contributed by atoms with E-state index >= 15 is 0 Å². The third-order valence-corrected chi connectivity index (χ3v) is 6.93. The smallest absolute Gasteiger partial charge is 0.408 e. The highest BCUT2D eigenvalue weighted by molar-refractivity contribution is 6.01. The molecule has 1 aliphatic heterocycles. The summed E-state index contributed by atoms with van der Waals surface area (Å²) in [5.74, 6) is -2.23. The van der Waals surface area contributed by atoms with Crippen molar-refractivity contribution >= 4 is 23.6 Å². The Morgan fingerprint density at radius 2 is 1.89 bits per heavy atom. The first-order chi connectivity index (χ1) is 16.8. The number of likely N-dealkylation sites (N-methyl/N-ethyl adjacent to an activating group) is 1. The van der Waals surface area contributed by atoms with Crippen LogP contribution in [0.15, 0.2) is 42.5 Å². The first-order valence-electron chi connectivity index (χ1n) is 11.8. The number of nitrogens with one attached hydrogen (secondary N) is 2. The number of amides is 3. The van der Waals surface area contributed by atoms with Crippen molar-refractivity contribution in [2.45, 2.75) is 57.2 Å². The lowest BCUT2D eigenvalue weighted by atomic mass is 9.72. The van der Waals surface area contributed by atoms with Gasteiger partial charge >= 0.3 is 6.09 Å². The fraction of sp³-hybridized carbons (Fsp3) is 0.423. The minimum atomic E-state index is -1.18. The van der Waals surface area contributed by atoms with Crippen molar-refractivity contribution in [2.24, 2.45) is 5.92 Å². The minimum Gasteiger partial charge on any atom is -0.436 e. The molecule has 35 heavy (non-hydrogen) atoms. The Morgan fingerprint density at radius 1 is 1.14 bits per heavy atom. The normalized spacial score (nSPS) is 22.3. The van der Waals surface area contributed by atoms with Crippen LogP contribution in [0.5, 0.6) is 0 Å². The van der Waals surface area contributed by atoms with Gasteiger partial charge in [-0.15, -0.1) is 0 Å². The van der Waals surface area contributed by atoms with Gasteiger partial charge in [-0.2, -0.15) is 0 Å². The first kappa shape index (κ1) is 24.6. The second-order valence-corrected chi connectivity index (χ2v) is 9.13. The van der Waals surface area contributed by atoms with Crippen LogP contribution in [0, 0.1) is 17.6 Å². The van der Waals surface area contributed by atoms with E-state index in [0.717, 1.165) is 49.1 Å². The molecule has 4 atom stereocenters. The van der Waals surface area contributed by atoms with Gasteiger partial charge in [0.1, 0.15) is 17.7 Å². The highest BCUT2D eigenvalue weighted by atomic mass is 19.1. The molecule has 1 saturated carbocycles. The van der Waals surface area contributed by atoms with Crippen molar-refractivity contribution < 1.29 is 27.9 Å². The van der Waals surface area contributed by atoms with E-state index in [1.165, 1.54) is 13.0 Å². The third-order valence-electron chi connectivity index (χ3n) is 6.93. The van der Waals surface area contributed by atoms with Gasteiger partial charge in [-0.05, 0) is 49.3 Å². The predicted molar refractivity (Wildman–Crippen MR) is 126 cm³/mol. The Morgan fingerprint density at radius 3 is 2.66 bits per heavy atom. The Bertz CT molecular complexity index is 1130. The molecule has 0 spiro atoms. The summed E-state index contributed by atoms with van der Waals surface area (Å²) in [5.41, 5.74) is 2.04. The van der Waals surface area contributed by atoms with Crippen molar-refractivity contribution in [2.75, 3.05) is 11.9 Å². The Hall–Kier alpha value is -3.49. The van der Waals surface area contributed by atoms with Crippen molar-refractivity contribution in [1.82, 2.24) is 10.6 Å². The zero-order chi connectivity index (χ0) is 25.1. The summed E-state index contributed by atoms with van der Waals surface area (Å²) in [7, 11) is 1.71. The van der Waals surface area contributed by atoms with Gasteiger partial charge in [0.05, 0.1) is 0 Å². The Labute approximate surface area is 202 Å². The lowest BCUT2D eigenvalue weighted by Gasteiger charge is -2.35. The lowest BCUT2D eigenvalue weighted by molar-refractivity contribution is -0.134. The molecule has 0 aromatic heterocycles. The molecule has 2 aromatic rings. The predicted octanol–water partition coefficient (Wildman–Crippen LogP) is 4.01. The van der Waals surface area contributed by atoms with Crippen LogP contribution < -0.4 is 15.5 Å². The molecule has 7 nitrogen and oxygen atoms in total. The average molecular weight is 486 g/mol. The molecule has 0 radical (unpaired) electrons. The standard InChI is InChI=1S/C26H29F2N3O4/c1-15(35-26(34)29-14-16-11-12-17(27)13-21(16)28)24(32)30-23-20-9-4-3-7-18(20)19-8-5-6-10-22(19)31(2)25(23)33/h5-6,8,10-13,15,18,20,23H,3-4,7,9,14H2,1-2H3,(H,29,34)(H,30,32)/t15-,18?,20?,23?/m0/s1. The molecular weight excluding hydrogens is 456 g/mol. The SMILES string of the molecule is C[C@H](OC(=O)NCc1ccc(F)cc1F)C(=O)NC1C(=O)N(C)c2ccccc2C2CCCCC12. The van der Waals surface area contributed by atoms with Gasteiger partial charge in [-0.25, -0.2) is 13.6 Å². The van der Waals surface area contributed by atoms with E-state index in [4.69, 9.17) is 4.74 Å². The van der Waals surface area contributed by atoms with Gasteiger partial charge in [-0.3, -0.25) is 9.59 Å². The molecule has 1 fully saturated rings. The molecule has 0 saturated heterocycles. The van der Waals surface area contributed by atoms with Gasteiger partial charge in [-0.1, -0.05) is 37.1 Å². The van der Waals surface area contributed by atoms with Crippen LogP contribution in [0.2, 0.25) is 0 Å². The van der Waals surface area contributed by atoms with Crippen LogP contribution in [-0.4, -0.2) is 37.1 Å². The van der Waals surface area contributed by atoms with E-state index in [9.17, 15) is 23.2 Å². The van der Waals surface area contributed by atoms with E-state index in [0.29, 0.717) is 0 Å². The molecule has 1 heterocycles. The second-order valence-electron chi connectivity index (χ2n) is 9.13. The number of halogens is 2. The second kappa shape index (κ2) is 10.4. The Kier molecular flexibility index (Phi) is 7.33. The minimum absolute atomic E-state index is 0.0613. The van der Waals surface area contributed by atoms with E-state index in [-0.39, 0.29) is 29.9 Å². The van der Waals surface area contributed by atoms with E-state index in [1.54, 1.807) is 11.9 Å². The van der Waals surface area contributed by atoms with Crippen LogP contribution >= 0.6 is 0 Å². The zero-order valence-corrected chi connectivity index (χ0v) is 19.7. The van der Waals surface area contributed by atoms with Crippen LogP contribution in [0.3, 0.4) is 0 Å². The first-order valence-corrected chi connectivity index (χ1v) is 11.8. The van der Waals surface area contributed by atoms with Gasteiger partial charge in [0.25, 0.3) is 5.91 Å². The number of ether oxygens (including phenoxy) is 1. The maximum atomic E-state index is 13.8. The summed E-state index contributed by atoms with van der Waals surface area (Å²) < 4.78 is 31.9. The molecule has 0 bridgehead atoms. The molecular formula is C26H29F2N3O4. The molecule has 4 rings (SSSR count). The molecule has 186 valence electrons. The number of hydrogen-bond acceptors (Lipinski definition) is 4. The summed E-state index contributed by atoms with van der Waals surface area (Å²) in [6.07, 6.45) is 1.66. The topological polar surface area (TPSA) is 87.7 Å². The molecule has 2 aromatic carbocycles.